The standard InChI is InChI=1S/C12H20IN3O/c1-6-12(4,17-5)11-15-8(3)9(13)10(16-11)14-7-2/h6-7H2,1-5H3,(H,14,15,16). The smallest absolute Gasteiger partial charge is 0.162 e. The molecule has 1 heterocycles. The predicted octanol–water partition coefficient (Wildman–Crippen LogP) is 3.09. The van der Waals surface area contributed by atoms with Crippen LogP contribution in [0.4, 0.5) is 5.82 Å². The minimum Gasteiger partial charge on any atom is -0.371 e. The van der Waals surface area contributed by atoms with E-state index in [1.54, 1.807) is 7.11 Å². The van der Waals surface area contributed by atoms with Gasteiger partial charge in [-0.15, -0.1) is 0 Å². The lowest BCUT2D eigenvalue weighted by atomic mass is 10.0. The number of aryl methyl sites for hydroxylation is 1. The van der Waals surface area contributed by atoms with E-state index >= 15 is 0 Å². The molecule has 5 heteroatoms. The first-order chi connectivity index (χ1) is 7.98. The fraction of sp³-hybridized carbons (Fsp3) is 0.667. The monoisotopic (exact) mass is 349 g/mol. The van der Waals surface area contributed by atoms with Crippen molar-refractivity contribution in [3.63, 3.8) is 0 Å². The highest BCUT2D eigenvalue weighted by molar-refractivity contribution is 14.1. The van der Waals surface area contributed by atoms with Crippen molar-refractivity contribution in [2.45, 2.75) is 39.7 Å². The van der Waals surface area contributed by atoms with Crippen molar-refractivity contribution in [3.8, 4) is 0 Å². The van der Waals surface area contributed by atoms with Crippen LogP contribution in [0.3, 0.4) is 0 Å². The molecule has 4 nitrogen and oxygen atoms in total. The molecule has 0 aliphatic heterocycles. The number of methoxy groups -OCH3 is 1. The Hall–Kier alpha value is -0.430. The number of aromatic nitrogens is 2. The van der Waals surface area contributed by atoms with Gasteiger partial charge in [0.05, 0.1) is 9.26 Å². The average molecular weight is 349 g/mol. The van der Waals surface area contributed by atoms with Crippen LogP contribution in [0.2, 0.25) is 0 Å². The highest BCUT2D eigenvalue weighted by Crippen LogP contribution is 2.28. The summed E-state index contributed by atoms with van der Waals surface area (Å²) >= 11 is 2.27. The molecule has 0 fully saturated rings. The van der Waals surface area contributed by atoms with Crippen molar-refractivity contribution in [1.29, 1.82) is 0 Å². The van der Waals surface area contributed by atoms with Crippen LogP contribution in [-0.4, -0.2) is 23.6 Å². The van der Waals surface area contributed by atoms with Gasteiger partial charge in [-0.3, -0.25) is 0 Å². The number of nitrogens with one attached hydrogen (secondary N) is 1. The fourth-order valence-electron chi connectivity index (χ4n) is 1.47. The molecule has 1 unspecified atom stereocenters. The topological polar surface area (TPSA) is 47.0 Å². The van der Waals surface area contributed by atoms with Gasteiger partial charge in [0, 0.05) is 13.7 Å². The quantitative estimate of drug-likeness (QED) is 0.830. The third-order valence-corrected chi connectivity index (χ3v) is 4.25. The van der Waals surface area contributed by atoms with Crippen LogP contribution in [0.25, 0.3) is 0 Å². The second-order valence-electron chi connectivity index (χ2n) is 4.11. The summed E-state index contributed by atoms with van der Waals surface area (Å²) in [5, 5.41) is 3.26. The van der Waals surface area contributed by atoms with E-state index in [9.17, 15) is 0 Å². The third kappa shape index (κ3) is 3.07. The number of ether oxygens (including phenoxy) is 1. The maximum absolute atomic E-state index is 5.55. The molecule has 1 rings (SSSR count). The highest BCUT2D eigenvalue weighted by Gasteiger charge is 2.28. The van der Waals surface area contributed by atoms with Gasteiger partial charge in [0.2, 0.25) is 0 Å². The average Bonchev–Trinajstić information content (AvgIpc) is 2.34. The maximum atomic E-state index is 5.55. The van der Waals surface area contributed by atoms with Gasteiger partial charge in [0.1, 0.15) is 11.4 Å². The lowest BCUT2D eigenvalue weighted by Gasteiger charge is -2.26. The molecule has 0 spiro atoms. The van der Waals surface area contributed by atoms with Crippen LogP contribution in [0, 0.1) is 10.5 Å². The largest absolute Gasteiger partial charge is 0.371 e. The molecular weight excluding hydrogens is 329 g/mol. The van der Waals surface area contributed by atoms with Crippen molar-refractivity contribution >= 4 is 28.4 Å². The van der Waals surface area contributed by atoms with Gasteiger partial charge in [-0.25, -0.2) is 9.97 Å². The van der Waals surface area contributed by atoms with Crippen molar-refractivity contribution in [1.82, 2.24) is 9.97 Å². The van der Waals surface area contributed by atoms with Crippen LogP contribution < -0.4 is 5.32 Å². The first kappa shape index (κ1) is 14.6. The van der Waals surface area contributed by atoms with Crippen LogP contribution >= 0.6 is 22.6 Å². The lowest BCUT2D eigenvalue weighted by Crippen LogP contribution is -2.27. The maximum Gasteiger partial charge on any atom is 0.162 e. The summed E-state index contributed by atoms with van der Waals surface area (Å²) in [6.45, 7) is 9.00. The summed E-state index contributed by atoms with van der Waals surface area (Å²) < 4.78 is 6.62. The Morgan fingerprint density at radius 2 is 2.00 bits per heavy atom. The Labute approximate surface area is 117 Å². The molecule has 0 aliphatic carbocycles. The van der Waals surface area contributed by atoms with Crippen molar-refractivity contribution in [2.75, 3.05) is 19.0 Å². The van der Waals surface area contributed by atoms with E-state index in [0.717, 1.165) is 33.9 Å². The summed E-state index contributed by atoms with van der Waals surface area (Å²) in [7, 11) is 1.70. The van der Waals surface area contributed by atoms with Gasteiger partial charge in [-0.2, -0.15) is 0 Å². The van der Waals surface area contributed by atoms with Crippen molar-refractivity contribution < 1.29 is 4.74 Å². The summed E-state index contributed by atoms with van der Waals surface area (Å²) in [4.78, 5) is 9.13. The van der Waals surface area contributed by atoms with Gasteiger partial charge in [0.15, 0.2) is 5.82 Å². The summed E-state index contributed by atoms with van der Waals surface area (Å²) in [6, 6.07) is 0. The number of rotatable bonds is 5. The zero-order chi connectivity index (χ0) is 13.1. The number of anilines is 1. The molecule has 0 saturated heterocycles. The van der Waals surface area contributed by atoms with E-state index in [-0.39, 0.29) is 0 Å². The molecule has 1 aromatic heterocycles. The molecule has 0 aliphatic rings. The molecule has 0 bridgehead atoms. The Balaban J connectivity index is 3.26. The van der Waals surface area contributed by atoms with E-state index in [2.05, 4.69) is 51.7 Å². The van der Waals surface area contributed by atoms with E-state index in [1.807, 2.05) is 13.8 Å². The predicted molar refractivity (Wildman–Crippen MR) is 78.3 cm³/mol. The Morgan fingerprint density at radius 3 is 2.47 bits per heavy atom. The third-order valence-electron chi connectivity index (χ3n) is 2.96. The summed E-state index contributed by atoms with van der Waals surface area (Å²) in [5.41, 5.74) is 0.572. The minimum atomic E-state index is -0.417. The van der Waals surface area contributed by atoms with E-state index in [0.29, 0.717) is 0 Å². The Morgan fingerprint density at radius 1 is 1.35 bits per heavy atom. The van der Waals surface area contributed by atoms with E-state index < -0.39 is 5.60 Å². The fourth-order valence-corrected chi connectivity index (χ4v) is 1.91. The second-order valence-corrected chi connectivity index (χ2v) is 5.19. The van der Waals surface area contributed by atoms with Gasteiger partial charge >= 0.3 is 0 Å². The summed E-state index contributed by atoms with van der Waals surface area (Å²) in [6.07, 6.45) is 0.842. The Kier molecular flexibility index (Phi) is 5.12. The van der Waals surface area contributed by atoms with Gasteiger partial charge < -0.3 is 10.1 Å². The van der Waals surface area contributed by atoms with Gasteiger partial charge in [-0.1, -0.05) is 6.92 Å². The second kappa shape index (κ2) is 5.95. The number of hydrogen-bond donors (Lipinski definition) is 1. The zero-order valence-electron chi connectivity index (χ0n) is 11.1. The molecule has 0 radical (unpaired) electrons. The molecule has 96 valence electrons. The lowest BCUT2D eigenvalue weighted by molar-refractivity contribution is -0.00902. The normalized spacial score (nSPS) is 14.5. The summed E-state index contributed by atoms with van der Waals surface area (Å²) in [5.74, 6) is 1.64. The molecule has 0 amide bonds. The molecule has 0 saturated carbocycles. The van der Waals surface area contributed by atoms with Gasteiger partial charge in [-0.05, 0) is 49.8 Å². The first-order valence-electron chi connectivity index (χ1n) is 5.82. The van der Waals surface area contributed by atoms with E-state index in [4.69, 9.17) is 4.74 Å². The van der Waals surface area contributed by atoms with Crippen molar-refractivity contribution in [3.05, 3.63) is 15.1 Å². The number of halogens is 1. The molecular formula is C12H20IN3O. The van der Waals surface area contributed by atoms with Crippen LogP contribution in [0.1, 0.15) is 38.7 Å². The first-order valence-corrected chi connectivity index (χ1v) is 6.90. The Bertz CT molecular complexity index is 392. The molecule has 17 heavy (non-hydrogen) atoms. The molecule has 0 aromatic carbocycles. The molecule has 1 N–H and O–H groups in total. The molecule has 1 atom stereocenters. The highest BCUT2D eigenvalue weighted by atomic mass is 127. The van der Waals surface area contributed by atoms with Crippen LogP contribution in [-0.2, 0) is 10.3 Å². The minimum absolute atomic E-state index is 0.417. The number of hydrogen-bond acceptors (Lipinski definition) is 4. The zero-order valence-corrected chi connectivity index (χ0v) is 13.3. The molecule has 1 aromatic rings. The van der Waals surface area contributed by atoms with Crippen molar-refractivity contribution in [2.24, 2.45) is 0 Å². The van der Waals surface area contributed by atoms with Crippen LogP contribution in [0.5, 0.6) is 0 Å². The SMILES string of the molecule is CCNc1nc(C(C)(CC)OC)nc(C)c1I. The number of nitrogens with zero attached hydrogens (tertiary/aromatic N) is 2. The van der Waals surface area contributed by atoms with E-state index in [1.165, 1.54) is 0 Å². The van der Waals surface area contributed by atoms with Crippen LogP contribution in [0.15, 0.2) is 0 Å². The van der Waals surface area contributed by atoms with Gasteiger partial charge in [0.25, 0.3) is 0 Å².